The number of imidazole rings is 2. The van der Waals surface area contributed by atoms with Crippen molar-refractivity contribution in [3.8, 4) is 0 Å². The molecule has 0 fully saturated rings. The first-order valence-electron chi connectivity index (χ1n) is 6.20. The van der Waals surface area contributed by atoms with E-state index in [2.05, 4.69) is 0 Å². The summed E-state index contributed by atoms with van der Waals surface area (Å²) in [4.78, 5) is 20.5. The van der Waals surface area contributed by atoms with Crippen LogP contribution in [0.1, 0.15) is 12.3 Å². The molecule has 2 rings (SSSR count). The average Bonchev–Trinajstić information content (AvgIpc) is 3.06. The Labute approximate surface area is 167 Å². The minimum atomic E-state index is -1.29. The van der Waals surface area contributed by atoms with Crippen LogP contribution in [-0.2, 0) is 40.8 Å². The van der Waals surface area contributed by atoms with Crippen LogP contribution in [0.2, 0.25) is 0 Å². The first-order chi connectivity index (χ1) is 10.2. The van der Waals surface area contributed by atoms with Gasteiger partial charge in [-0.15, -0.1) is 0 Å². The molecule has 2 unspecified atom stereocenters. The molecule has 0 amide bonds. The van der Waals surface area contributed by atoms with Crippen molar-refractivity contribution < 1.29 is 70.8 Å². The Balaban J connectivity index is -0.000000346. The van der Waals surface area contributed by atoms with Crippen molar-refractivity contribution in [2.24, 2.45) is 25.6 Å². The van der Waals surface area contributed by atoms with Crippen molar-refractivity contribution in [2.75, 3.05) is 0 Å². The van der Waals surface area contributed by atoms with Crippen molar-refractivity contribution >= 4 is 11.9 Å². The Bertz CT molecular complexity index is 609. The van der Waals surface area contributed by atoms with Crippen LogP contribution in [0.3, 0.4) is 0 Å². The topological polar surface area (TPSA) is 150 Å². The molecule has 25 heavy (non-hydrogen) atoms. The molecule has 0 aromatic carbocycles. The van der Waals surface area contributed by atoms with Gasteiger partial charge < -0.3 is 44.6 Å². The first-order valence-corrected chi connectivity index (χ1v) is 6.20. The van der Waals surface area contributed by atoms with Gasteiger partial charge in [-0.3, -0.25) is 11.5 Å². The Morgan fingerprint density at radius 2 is 1.16 bits per heavy atom. The average molecular weight is 445 g/mol. The molecular weight excluding hydrogens is 427 g/mol. The summed E-state index contributed by atoms with van der Waals surface area (Å²) in [7, 11) is 3.55. The number of hydrogen-bond donors (Lipinski definition) is 2. The van der Waals surface area contributed by atoms with Gasteiger partial charge in [-0.25, -0.2) is 18.3 Å². The van der Waals surface area contributed by atoms with E-state index in [1.807, 2.05) is 0 Å². The fourth-order valence-electron chi connectivity index (χ4n) is 1.51. The van der Waals surface area contributed by atoms with Gasteiger partial charge in [0.05, 0.1) is 14.1 Å². The largest absolute Gasteiger partial charge is 2.00 e. The number of carboxylic acids is 2. The first kappa shape index (κ1) is 28.2. The number of rotatable bonds is 4. The van der Waals surface area contributed by atoms with E-state index < -0.39 is 24.3 Å². The van der Waals surface area contributed by atoms with Crippen LogP contribution in [0.5, 0.6) is 0 Å². The van der Waals surface area contributed by atoms with Gasteiger partial charge in [0.1, 0.15) is 36.7 Å². The molecule has 0 aliphatic heterocycles. The van der Waals surface area contributed by atoms with Gasteiger partial charge in [0.2, 0.25) is 12.7 Å². The quantitative estimate of drug-likeness (QED) is 0.353. The monoisotopic (exact) mass is 443 g/mol. The van der Waals surface area contributed by atoms with Crippen LogP contribution < -0.4 is 55.6 Å². The Kier molecular flexibility index (Phi) is 14.3. The van der Waals surface area contributed by atoms with Crippen molar-refractivity contribution in [2.45, 2.75) is 12.3 Å². The summed E-state index contributed by atoms with van der Waals surface area (Å²) < 4.78 is 6.11. The summed E-state index contributed by atoms with van der Waals surface area (Å²) in [5, 5.41) is 20.5. The summed E-state index contributed by atoms with van der Waals surface area (Å²) in [6, 6.07) is 0. The molecule has 0 bridgehead atoms. The third-order valence-electron chi connectivity index (χ3n) is 2.70. The second-order valence-corrected chi connectivity index (χ2v) is 4.58. The molecule has 2 aromatic rings. The predicted molar refractivity (Wildman–Crippen MR) is 67.7 cm³/mol. The van der Waals surface area contributed by atoms with Crippen molar-refractivity contribution in [1.82, 2.24) is 9.13 Å². The van der Waals surface area contributed by atoms with Crippen LogP contribution in [0.4, 0.5) is 0 Å². The molecule has 0 saturated heterocycles. The summed E-state index contributed by atoms with van der Waals surface area (Å²) in [6.07, 6.45) is 7.47. The number of halogens is 2. The number of carboxylic acid groups (broad SMARTS) is 2. The zero-order chi connectivity index (χ0) is 16.9. The van der Waals surface area contributed by atoms with E-state index in [9.17, 15) is 19.8 Å². The van der Waals surface area contributed by atoms with E-state index in [0.717, 1.165) is 0 Å². The van der Waals surface area contributed by atoms with E-state index in [4.69, 9.17) is 11.5 Å². The van der Waals surface area contributed by atoms with E-state index in [1.165, 1.54) is 9.13 Å². The smallest absolute Gasteiger partial charge is 1.00 e. The molecule has 145 valence electrons. The van der Waals surface area contributed by atoms with Gasteiger partial charge in [-0.1, -0.05) is 0 Å². The van der Waals surface area contributed by atoms with E-state index in [1.54, 1.807) is 60.7 Å². The van der Waals surface area contributed by atoms with Crippen LogP contribution in [0, 0.1) is 0 Å². The van der Waals surface area contributed by atoms with Gasteiger partial charge in [0, 0.05) is 0 Å². The molecule has 2 atom stereocenters. The van der Waals surface area contributed by atoms with Crippen LogP contribution in [-0.4, -0.2) is 21.1 Å². The maximum absolute atomic E-state index is 10.2. The second kappa shape index (κ2) is 12.7. The van der Waals surface area contributed by atoms with Crippen molar-refractivity contribution in [1.29, 1.82) is 0 Å². The van der Waals surface area contributed by atoms with Gasteiger partial charge in [-0.05, 0) is 0 Å². The number of carbonyl (C=O) groups is 2. The minimum absolute atomic E-state index is 0. The number of aromatic nitrogens is 4. The van der Waals surface area contributed by atoms with Crippen molar-refractivity contribution in [3.63, 3.8) is 0 Å². The fourth-order valence-corrected chi connectivity index (χ4v) is 1.51. The number of nitrogens with two attached hydrogens (primary N) is 2. The molecule has 1 radical (unpaired) electrons. The third-order valence-corrected chi connectivity index (χ3v) is 2.70. The molecule has 2 heterocycles. The summed E-state index contributed by atoms with van der Waals surface area (Å²) >= 11 is 0. The minimum Gasteiger partial charge on any atom is -1.00 e. The maximum atomic E-state index is 10.2. The molecule has 0 aliphatic carbocycles. The molecule has 13 heteroatoms. The van der Waals surface area contributed by atoms with E-state index in [-0.39, 0.29) is 41.9 Å². The van der Waals surface area contributed by atoms with Gasteiger partial charge in [-0.2, -0.15) is 0 Å². The standard InChI is InChI=1S/2C6H9N3O2.2ClH.Cu/c2*1-8-2-3-9(4-8)5(7)6(10)11;;;/h2*2-5H,7H2,1H3;2*1H;/q;;;;+2/p-2. The molecular formula is C12H18Cl2CuN6O4. The second-order valence-electron chi connectivity index (χ2n) is 4.58. The number of aryl methyl sites for hydroxylation is 2. The summed E-state index contributed by atoms with van der Waals surface area (Å²) in [5.74, 6) is -2.58. The van der Waals surface area contributed by atoms with Gasteiger partial charge >= 0.3 is 17.1 Å². The molecule has 0 saturated carbocycles. The Hall–Kier alpha value is -1.62. The molecule has 10 nitrogen and oxygen atoms in total. The van der Waals surface area contributed by atoms with E-state index in [0.29, 0.717) is 0 Å². The number of hydrogen-bond acceptors (Lipinski definition) is 6. The third kappa shape index (κ3) is 8.87. The number of carbonyl (C=O) groups excluding carboxylic acids is 2. The zero-order valence-electron chi connectivity index (χ0n) is 13.3. The van der Waals surface area contributed by atoms with Crippen molar-refractivity contribution in [3.05, 3.63) is 37.4 Å². The van der Waals surface area contributed by atoms with Crippen LogP contribution in [0.25, 0.3) is 0 Å². The zero-order valence-corrected chi connectivity index (χ0v) is 15.7. The van der Waals surface area contributed by atoms with Gasteiger partial charge in [0.25, 0.3) is 0 Å². The number of nitrogens with zero attached hydrogens (tertiary/aromatic N) is 4. The normalized spacial score (nSPS) is 11.4. The molecule has 0 aliphatic rings. The van der Waals surface area contributed by atoms with Crippen LogP contribution >= 0.6 is 0 Å². The summed E-state index contributed by atoms with van der Waals surface area (Å²) in [6.45, 7) is 0. The molecule has 4 N–H and O–H groups in total. The molecule has 2 aromatic heterocycles. The Morgan fingerprint density at radius 1 is 0.880 bits per heavy atom. The van der Waals surface area contributed by atoms with E-state index >= 15 is 0 Å². The Morgan fingerprint density at radius 3 is 1.32 bits per heavy atom. The SMILES string of the molecule is C[n+]1ccn(C(N)C(=O)[O-])c1.C[n+]1ccn(C(N)C(=O)[O-])c1.[Cl-].[Cl-].[Cu+2]. The molecule has 0 spiro atoms. The fraction of sp³-hybridized carbons (Fsp3) is 0.333. The number of aliphatic carboxylic acids is 2. The summed E-state index contributed by atoms with van der Waals surface area (Å²) in [5.41, 5.74) is 10.5. The maximum Gasteiger partial charge on any atom is 2.00 e. The van der Waals surface area contributed by atoms with Crippen LogP contribution in [0.15, 0.2) is 37.4 Å². The predicted octanol–water partition coefficient (Wildman–Crippen LogP) is -11.0. The van der Waals surface area contributed by atoms with Gasteiger partial charge in [0.15, 0.2) is 12.3 Å².